The molecule has 2 N–H and O–H groups in total. The topological polar surface area (TPSA) is 78.5 Å². The van der Waals surface area contributed by atoms with Gasteiger partial charge in [-0.2, -0.15) is 0 Å². The standard InChI is InChI=1S/C20H25N3O3S/c1-15-14-21-12-11-19(15)22-20(24)16-7-6-10-18(13-16)27(25,26)23(2)17-8-4-3-5-9-17/h3-10,13,15,19,21H,11-12,14H2,1-2H3,(H,22,24). The van der Waals surface area contributed by atoms with Crippen LogP contribution in [0.4, 0.5) is 5.69 Å². The lowest BCUT2D eigenvalue weighted by molar-refractivity contribution is 0.0914. The van der Waals surface area contributed by atoms with Crippen molar-refractivity contribution >= 4 is 21.6 Å². The maximum Gasteiger partial charge on any atom is 0.264 e. The summed E-state index contributed by atoms with van der Waals surface area (Å²) >= 11 is 0. The highest BCUT2D eigenvalue weighted by atomic mass is 32.2. The van der Waals surface area contributed by atoms with Gasteiger partial charge in [0.2, 0.25) is 0 Å². The maximum atomic E-state index is 12.9. The summed E-state index contributed by atoms with van der Waals surface area (Å²) in [5, 5.41) is 6.34. The van der Waals surface area contributed by atoms with Gasteiger partial charge in [0.05, 0.1) is 10.6 Å². The minimum Gasteiger partial charge on any atom is -0.349 e. The summed E-state index contributed by atoms with van der Waals surface area (Å²) in [5.41, 5.74) is 0.916. The highest BCUT2D eigenvalue weighted by Gasteiger charge is 2.25. The highest BCUT2D eigenvalue weighted by molar-refractivity contribution is 7.92. The highest BCUT2D eigenvalue weighted by Crippen LogP contribution is 2.22. The van der Waals surface area contributed by atoms with E-state index in [0.29, 0.717) is 17.2 Å². The van der Waals surface area contributed by atoms with Crippen LogP contribution >= 0.6 is 0 Å². The van der Waals surface area contributed by atoms with E-state index in [1.807, 2.05) is 6.07 Å². The smallest absolute Gasteiger partial charge is 0.264 e. The average Bonchev–Trinajstić information content (AvgIpc) is 2.70. The molecule has 0 saturated carbocycles. The summed E-state index contributed by atoms with van der Waals surface area (Å²) in [6.45, 7) is 3.82. The van der Waals surface area contributed by atoms with E-state index < -0.39 is 10.0 Å². The second kappa shape index (κ2) is 8.10. The predicted octanol–water partition coefficient (Wildman–Crippen LogP) is 2.24. The Balaban J connectivity index is 1.81. The Morgan fingerprint density at radius 3 is 2.59 bits per heavy atom. The van der Waals surface area contributed by atoms with Crippen LogP contribution in [-0.2, 0) is 10.0 Å². The van der Waals surface area contributed by atoms with E-state index in [-0.39, 0.29) is 16.8 Å². The fourth-order valence-corrected chi connectivity index (χ4v) is 4.45. The molecule has 0 aromatic heterocycles. The molecule has 27 heavy (non-hydrogen) atoms. The van der Waals surface area contributed by atoms with Crippen molar-refractivity contribution < 1.29 is 13.2 Å². The molecule has 0 spiro atoms. The van der Waals surface area contributed by atoms with Crippen LogP contribution in [0.5, 0.6) is 0 Å². The first-order valence-corrected chi connectivity index (χ1v) is 10.5. The summed E-state index contributed by atoms with van der Waals surface area (Å²) in [6, 6.07) is 15.1. The van der Waals surface area contributed by atoms with Gasteiger partial charge >= 0.3 is 0 Å². The molecule has 0 aliphatic carbocycles. The number of nitrogens with zero attached hydrogens (tertiary/aromatic N) is 1. The van der Waals surface area contributed by atoms with E-state index in [1.54, 1.807) is 36.4 Å². The van der Waals surface area contributed by atoms with Crippen molar-refractivity contribution in [2.24, 2.45) is 5.92 Å². The molecule has 1 saturated heterocycles. The Morgan fingerprint density at radius 1 is 1.15 bits per heavy atom. The van der Waals surface area contributed by atoms with Gasteiger partial charge in [-0.25, -0.2) is 8.42 Å². The molecule has 1 heterocycles. The van der Waals surface area contributed by atoms with Gasteiger partial charge in [0, 0.05) is 18.7 Å². The second-order valence-corrected chi connectivity index (χ2v) is 8.86. The van der Waals surface area contributed by atoms with Crippen LogP contribution in [0, 0.1) is 5.92 Å². The molecule has 6 nitrogen and oxygen atoms in total. The Hall–Kier alpha value is -2.38. The quantitative estimate of drug-likeness (QED) is 0.825. The fourth-order valence-electron chi connectivity index (χ4n) is 3.21. The number of nitrogens with one attached hydrogen (secondary N) is 2. The summed E-state index contributed by atoms with van der Waals surface area (Å²) in [6.07, 6.45) is 0.863. The zero-order chi connectivity index (χ0) is 19.4. The molecule has 2 atom stereocenters. The van der Waals surface area contributed by atoms with E-state index in [0.717, 1.165) is 19.5 Å². The van der Waals surface area contributed by atoms with Crippen molar-refractivity contribution in [3.05, 3.63) is 60.2 Å². The van der Waals surface area contributed by atoms with Gasteiger partial charge < -0.3 is 10.6 Å². The molecule has 1 amide bonds. The van der Waals surface area contributed by atoms with Crippen molar-refractivity contribution in [2.45, 2.75) is 24.3 Å². The molecule has 1 aliphatic heterocycles. The zero-order valence-corrected chi connectivity index (χ0v) is 16.4. The number of benzene rings is 2. The predicted molar refractivity (Wildman–Crippen MR) is 106 cm³/mol. The molecule has 0 bridgehead atoms. The first kappa shape index (κ1) is 19.4. The zero-order valence-electron chi connectivity index (χ0n) is 15.6. The Kier molecular flexibility index (Phi) is 5.82. The van der Waals surface area contributed by atoms with Crippen molar-refractivity contribution in [1.82, 2.24) is 10.6 Å². The molecule has 0 radical (unpaired) electrons. The minimum absolute atomic E-state index is 0.0889. The number of sulfonamides is 1. The van der Waals surface area contributed by atoms with Crippen molar-refractivity contribution in [3.8, 4) is 0 Å². The van der Waals surface area contributed by atoms with E-state index >= 15 is 0 Å². The minimum atomic E-state index is -3.75. The molecule has 2 aromatic rings. The van der Waals surface area contributed by atoms with Crippen LogP contribution < -0.4 is 14.9 Å². The SMILES string of the molecule is CC1CNCCC1NC(=O)c1cccc(S(=O)(=O)N(C)c2ccccc2)c1. The number of para-hydroxylation sites is 1. The molecule has 3 rings (SSSR count). The van der Waals surface area contributed by atoms with Gasteiger partial charge in [0.15, 0.2) is 0 Å². The van der Waals surface area contributed by atoms with E-state index in [9.17, 15) is 13.2 Å². The third-order valence-corrected chi connectivity index (χ3v) is 6.76. The molecule has 1 fully saturated rings. The molecule has 1 aliphatic rings. The summed E-state index contributed by atoms with van der Waals surface area (Å²) in [4.78, 5) is 12.7. The normalized spacial score (nSPS) is 20.1. The van der Waals surface area contributed by atoms with Gasteiger partial charge in [0.1, 0.15) is 0 Å². The molecule has 2 aromatic carbocycles. The van der Waals surface area contributed by atoms with Crippen LogP contribution in [0.1, 0.15) is 23.7 Å². The van der Waals surface area contributed by atoms with E-state index in [2.05, 4.69) is 17.6 Å². The number of carbonyl (C=O) groups excluding carboxylic acids is 1. The lowest BCUT2D eigenvalue weighted by atomic mass is 9.95. The van der Waals surface area contributed by atoms with Crippen LogP contribution in [0.2, 0.25) is 0 Å². The third kappa shape index (κ3) is 4.31. The van der Waals surface area contributed by atoms with Gasteiger partial charge in [0.25, 0.3) is 15.9 Å². The van der Waals surface area contributed by atoms with Gasteiger partial charge in [-0.15, -0.1) is 0 Å². The number of hydrogen-bond acceptors (Lipinski definition) is 4. The monoisotopic (exact) mass is 387 g/mol. The third-order valence-electron chi connectivity index (χ3n) is 4.98. The average molecular weight is 388 g/mol. The molecule has 2 unspecified atom stereocenters. The number of carbonyl (C=O) groups is 1. The summed E-state index contributed by atoms with van der Waals surface area (Å²) < 4.78 is 27.1. The van der Waals surface area contributed by atoms with Crippen LogP contribution in [0.25, 0.3) is 0 Å². The van der Waals surface area contributed by atoms with Crippen LogP contribution in [0.15, 0.2) is 59.5 Å². The van der Waals surface area contributed by atoms with Gasteiger partial charge in [-0.3, -0.25) is 9.10 Å². The molecule has 144 valence electrons. The number of amides is 1. The van der Waals surface area contributed by atoms with Gasteiger partial charge in [-0.1, -0.05) is 31.2 Å². The Bertz CT molecular complexity index is 900. The van der Waals surface area contributed by atoms with Gasteiger partial charge in [-0.05, 0) is 55.8 Å². The summed E-state index contributed by atoms with van der Waals surface area (Å²) in [5.74, 6) is 0.0898. The fraction of sp³-hybridized carbons (Fsp3) is 0.350. The van der Waals surface area contributed by atoms with E-state index in [1.165, 1.54) is 23.5 Å². The van der Waals surface area contributed by atoms with Crippen LogP contribution in [0.3, 0.4) is 0 Å². The number of rotatable bonds is 5. The molecular formula is C20H25N3O3S. The van der Waals surface area contributed by atoms with Crippen molar-refractivity contribution in [3.63, 3.8) is 0 Å². The first-order chi connectivity index (χ1) is 12.9. The van der Waals surface area contributed by atoms with E-state index in [4.69, 9.17) is 0 Å². The van der Waals surface area contributed by atoms with Crippen molar-refractivity contribution in [2.75, 3.05) is 24.4 Å². The first-order valence-electron chi connectivity index (χ1n) is 9.05. The lowest BCUT2D eigenvalue weighted by Gasteiger charge is -2.30. The van der Waals surface area contributed by atoms with Crippen molar-refractivity contribution in [1.29, 1.82) is 0 Å². The number of hydrogen-bond donors (Lipinski definition) is 2. The number of anilines is 1. The second-order valence-electron chi connectivity index (χ2n) is 6.89. The lowest BCUT2D eigenvalue weighted by Crippen LogP contribution is -2.48. The number of piperidine rings is 1. The molecular weight excluding hydrogens is 362 g/mol. The van der Waals surface area contributed by atoms with Crippen LogP contribution in [-0.4, -0.2) is 40.5 Å². The Morgan fingerprint density at radius 2 is 1.89 bits per heavy atom. The molecule has 7 heteroatoms. The summed E-state index contributed by atoms with van der Waals surface area (Å²) in [7, 11) is -2.24. The Labute approximate surface area is 160 Å². The maximum absolute atomic E-state index is 12.9. The largest absolute Gasteiger partial charge is 0.349 e.